The molecule has 0 atom stereocenters. The van der Waals surface area contributed by atoms with Gasteiger partial charge in [0.25, 0.3) is 0 Å². The van der Waals surface area contributed by atoms with Crippen molar-refractivity contribution in [3.8, 4) is 0 Å². The van der Waals surface area contributed by atoms with E-state index in [1.807, 2.05) is 0 Å². The highest BCUT2D eigenvalue weighted by Crippen LogP contribution is 2.28. The van der Waals surface area contributed by atoms with E-state index in [1.165, 1.54) is 16.6 Å². The Morgan fingerprint density at radius 3 is 2.64 bits per heavy atom. The van der Waals surface area contributed by atoms with Crippen molar-refractivity contribution in [3.05, 3.63) is 35.0 Å². The van der Waals surface area contributed by atoms with Crippen molar-refractivity contribution in [3.63, 3.8) is 0 Å². The fourth-order valence-electron chi connectivity index (χ4n) is 3.07. The number of hydrogen-bond donors (Lipinski definition) is 2. The molecule has 2 N–H and O–H groups in total. The minimum absolute atomic E-state index is 0.331. The Labute approximate surface area is 127 Å². The van der Waals surface area contributed by atoms with Gasteiger partial charge in [-0.3, -0.25) is 0 Å². The molecule has 0 amide bonds. The highest BCUT2D eigenvalue weighted by atomic mass is 19.4. The zero-order valence-electron chi connectivity index (χ0n) is 12.6. The van der Waals surface area contributed by atoms with Crippen LogP contribution in [0.3, 0.4) is 0 Å². The number of benzene rings is 1. The van der Waals surface area contributed by atoms with Crippen LogP contribution in [0.1, 0.15) is 23.6 Å². The molecule has 0 spiro atoms. The van der Waals surface area contributed by atoms with E-state index in [0.29, 0.717) is 13.0 Å². The summed E-state index contributed by atoms with van der Waals surface area (Å²) >= 11 is 0. The molecule has 0 saturated heterocycles. The number of alkyl halides is 3. The van der Waals surface area contributed by atoms with Crippen molar-refractivity contribution in [2.75, 3.05) is 13.1 Å². The van der Waals surface area contributed by atoms with Crippen molar-refractivity contribution in [1.29, 1.82) is 0 Å². The summed E-state index contributed by atoms with van der Waals surface area (Å²) in [5.74, 6) is 0. The van der Waals surface area contributed by atoms with Crippen LogP contribution in [0.5, 0.6) is 0 Å². The molecule has 1 aromatic heterocycles. The van der Waals surface area contributed by atoms with Gasteiger partial charge in [0.05, 0.1) is 6.54 Å². The molecule has 3 nitrogen and oxygen atoms in total. The highest BCUT2D eigenvalue weighted by Gasteiger charge is 2.26. The van der Waals surface area contributed by atoms with Crippen LogP contribution in [-0.4, -0.2) is 23.8 Å². The Kier molecular flexibility index (Phi) is 4.14. The monoisotopic (exact) mass is 311 g/mol. The van der Waals surface area contributed by atoms with E-state index in [-0.39, 0.29) is 0 Å². The lowest BCUT2D eigenvalue weighted by Gasteiger charge is -2.07. The van der Waals surface area contributed by atoms with Gasteiger partial charge >= 0.3 is 6.18 Å². The minimum atomic E-state index is -4.15. The fraction of sp³-hybridized carbons (Fsp3) is 0.500. The number of nitrogens with one attached hydrogen (secondary N) is 2. The third kappa shape index (κ3) is 3.13. The van der Waals surface area contributed by atoms with Crippen LogP contribution in [0, 0.1) is 0 Å². The number of hydrogen-bond acceptors (Lipinski definition) is 2. The lowest BCUT2D eigenvalue weighted by molar-refractivity contribution is -0.124. The normalized spacial score (nSPS) is 14.7. The largest absolute Gasteiger partial charge is 0.401 e. The topological polar surface area (TPSA) is 29.0 Å². The molecular weight excluding hydrogens is 291 g/mol. The quantitative estimate of drug-likeness (QED) is 0.831. The third-order valence-corrected chi connectivity index (χ3v) is 4.15. The molecule has 1 aromatic carbocycles. The highest BCUT2D eigenvalue weighted by molar-refractivity contribution is 5.86. The molecule has 0 radical (unpaired) electrons. The molecule has 1 aliphatic heterocycles. The summed E-state index contributed by atoms with van der Waals surface area (Å²) in [6.45, 7) is 4.10. The Morgan fingerprint density at radius 2 is 1.95 bits per heavy atom. The van der Waals surface area contributed by atoms with E-state index < -0.39 is 12.7 Å². The Hall–Kier alpha value is -1.53. The van der Waals surface area contributed by atoms with Crippen molar-refractivity contribution in [1.82, 2.24) is 15.2 Å². The number of aryl methyl sites for hydroxylation is 1. The van der Waals surface area contributed by atoms with E-state index in [0.717, 1.165) is 30.6 Å². The van der Waals surface area contributed by atoms with Crippen molar-refractivity contribution in [2.45, 2.75) is 39.2 Å². The van der Waals surface area contributed by atoms with Crippen molar-refractivity contribution < 1.29 is 13.2 Å². The standard InChI is InChI=1S/C16H20F3N3/c1-2-22-9-11(3-4-20-10-16(17,18)19)14-5-12-7-21-8-13(12)6-15(14)22/h5-6,9,20-21H,2-4,7-8,10H2,1H3. The molecule has 6 heteroatoms. The second-order valence-corrected chi connectivity index (χ2v) is 5.72. The zero-order valence-corrected chi connectivity index (χ0v) is 12.6. The van der Waals surface area contributed by atoms with Crippen LogP contribution in [0.25, 0.3) is 10.9 Å². The lowest BCUT2D eigenvalue weighted by atomic mass is 10.0. The first kappa shape index (κ1) is 15.4. The number of aromatic nitrogens is 1. The van der Waals surface area contributed by atoms with Crippen LogP contribution in [0.2, 0.25) is 0 Å². The second kappa shape index (κ2) is 5.93. The first-order chi connectivity index (χ1) is 10.5. The maximum atomic E-state index is 12.2. The van der Waals surface area contributed by atoms with E-state index in [4.69, 9.17) is 0 Å². The molecule has 0 saturated carbocycles. The number of rotatable bonds is 5. The smallest absolute Gasteiger partial charge is 0.347 e. The van der Waals surface area contributed by atoms with Crippen LogP contribution in [0.15, 0.2) is 18.3 Å². The molecule has 0 bridgehead atoms. The average molecular weight is 311 g/mol. The van der Waals surface area contributed by atoms with E-state index in [2.05, 4.69) is 40.5 Å². The lowest BCUT2D eigenvalue weighted by Crippen LogP contribution is -2.30. The number of fused-ring (bicyclic) bond motifs is 2. The van der Waals surface area contributed by atoms with Gasteiger partial charge < -0.3 is 15.2 Å². The molecule has 2 aromatic rings. The first-order valence-corrected chi connectivity index (χ1v) is 7.59. The van der Waals surface area contributed by atoms with Gasteiger partial charge in [-0.2, -0.15) is 13.2 Å². The Bertz CT molecular complexity index is 673. The summed E-state index contributed by atoms with van der Waals surface area (Å²) in [5.41, 5.74) is 4.91. The van der Waals surface area contributed by atoms with E-state index in [9.17, 15) is 13.2 Å². The summed E-state index contributed by atoms with van der Waals surface area (Å²) in [5, 5.41) is 6.97. The summed E-state index contributed by atoms with van der Waals surface area (Å²) in [7, 11) is 0. The molecule has 22 heavy (non-hydrogen) atoms. The molecule has 3 rings (SSSR count). The molecule has 120 valence electrons. The SMILES string of the molecule is CCn1cc(CCNCC(F)(F)F)c2cc3c(cc21)CNC3. The third-order valence-electron chi connectivity index (χ3n) is 4.15. The number of halogens is 3. The number of nitrogens with zero attached hydrogens (tertiary/aromatic N) is 1. The van der Waals surface area contributed by atoms with E-state index >= 15 is 0 Å². The van der Waals surface area contributed by atoms with Crippen molar-refractivity contribution >= 4 is 10.9 Å². The summed E-state index contributed by atoms with van der Waals surface area (Å²) < 4.78 is 38.7. The minimum Gasteiger partial charge on any atom is -0.347 e. The van der Waals surface area contributed by atoms with Gasteiger partial charge in [0.2, 0.25) is 0 Å². The predicted molar refractivity (Wildman–Crippen MR) is 80.8 cm³/mol. The van der Waals surface area contributed by atoms with Crippen LogP contribution in [0.4, 0.5) is 13.2 Å². The molecule has 1 aliphatic rings. The second-order valence-electron chi connectivity index (χ2n) is 5.72. The molecular formula is C16H20F3N3. The molecule has 0 unspecified atom stereocenters. The molecule has 0 aliphatic carbocycles. The summed E-state index contributed by atoms with van der Waals surface area (Å²) in [6.07, 6.45) is -1.47. The van der Waals surface area contributed by atoms with Crippen LogP contribution >= 0.6 is 0 Å². The fourth-order valence-corrected chi connectivity index (χ4v) is 3.07. The zero-order chi connectivity index (χ0) is 15.7. The van der Waals surface area contributed by atoms with Gasteiger partial charge in [-0.25, -0.2) is 0 Å². The summed E-state index contributed by atoms with van der Waals surface area (Å²) in [6, 6.07) is 4.40. The van der Waals surface area contributed by atoms with E-state index in [1.54, 1.807) is 0 Å². The molecule has 2 heterocycles. The average Bonchev–Trinajstić information content (AvgIpc) is 3.04. The van der Waals surface area contributed by atoms with Gasteiger partial charge in [0.1, 0.15) is 0 Å². The first-order valence-electron chi connectivity index (χ1n) is 7.59. The van der Waals surface area contributed by atoms with Crippen LogP contribution < -0.4 is 10.6 Å². The Morgan fingerprint density at radius 1 is 1.23 bits per heavy atom. The van der Waals surface area contributed by atoms with Gasteiger partial charge in [0, 0.05) is 36.7 Å². The van der Waals surface area contributed by atoms with Gasteiger partial charge in [-0.05, 0) is 48.7 Å². The van der Waals surface area contributed by atoms with Gasteiger partial charge in [-0.15, -0.1) is 0 Å². The van der Waals surface area contributed by atoms with Crippen molar-refractivity contribution in [2.24, 2.45) is 0 Å². The van der Waals surface area contributed by atoms with Gasteiger partial charge in [0.15, 0.2) is 0 Å². The summed E-state index contributed by atoms with van der Waals surface area (Å²) in [4.78, 5) is 0. The maximum absolute atomic E-state index is 12.2. The molecule has 0 fully saturated rings. The maximum Gasteiger partial charge on any atom is 0.401 e. The predicted octanol–water partition coefficient (Wildman–Crippen LogP) is 2.96. The van der Waals surface area contributed by atoms with Crippen LogP contribution in [-0.2, 0) is 26.1 Å². The Balaban J connectivity index is 1.80. The van der Waals surface area contributed by atoms with Gasteiger partial charge in [-0.1, -0.05) is 0 Å².